The third kappa shape index (κ3) is 6.33. The molecule has 0 fully saturated rings. The molecular weight excluding hydrogens is 358 g/mol. The molecule has 7 nitrogen and oxygen atoms in total. The smallest absolute Gasteiger partial charge is 0.344 e. The van der Waals surface area contributed by atoms with E-state index in [2.05, 4.69) is 29.1 Å². The van der Waals surface area contributed by atoms with Gasteiger partial charge >= 0.3 is 5.97 Å². The number of benzene rings is 1. The van der Waals surface area contributed by atoms with Crippen LogP contribution in [0.2, 0.25) is 0 Å². The summed E-state index contributed by atoms with van der Waals surface area (Å²) in [5.74, 6) is 0.158. The van der Waals surface area contributed by atoms with E-state index in [0.29, 0.717) is 11.7 Å². The first kappa shape index (κ1) is 21.3. The van der Waals surface area contributed by atoms with E-state index in [9.17, 15) is 9.59 Å². The number of rotatable bonds is 8. The zero-order valence-corrected chi connectivity index (χ0v) is 17.0. The lowest BCUT2D eigenvalue weighted by atomic mass is 9.98. The molecule has 0 saturated carbocycles. The average Bonchev–Trinajstić information content (AvgIpc) is 2.65. The summed E-state index contributed by atoms with van der Waals surface area (Å²) >= 11 is 0. The van der Waals surface area contributed by atoms with Crippen molar-refractivity contribution in [3.05, 3.63) is 53.6 Å². The van der Waals surface area contributed by atoms with Crippen LogP contribution in [0.5, 0.6) is 5.75 Å². The first-order valence-electron chi connectivity index (χ1n) is 9.15. The topological polar surface area (TPSA) is 90.4 Å². The van der Waals surface area contributed by atoms with Crippen LogP contribution in [-0.2, 0) is 9.53 Å². The molecule has 0 aliphatic heterocycles. The zero-order valence-electron chi connectivity index (χ0n) is 17.0. The van der Waals surface area contributed by atoms with Gasteiger partial charge in [0.2, 0.25) is 0 Å². The summed E-state index contributed by atoms with van der Waals surface area (Å²) in [5.41, 5.74) is 1.80. The lowest BCUT2D eigenvalue weighted by molar-refractivity contribution is -0.147. The van der Waals surface area contributed by atoms with Crippen molar-refractivity contribution in [2.24, 2.45) is 0 Å². The predicted octanol–water partition coefficient (Wildman–Crippen LogP) is 3.04. The van der Waals surface area contributed by atoms with E-state index in [1.54, 1.807) is 13.8 Å². The SMILES string of the molecule is Cc1cc(OCC(=O)OCC(C)(C)NC(=O)c2cnccn2)ccc1C(C)C. The Kier molecular flexibility index (Phi) is 7.09. The molecule has 1 N–H and O–H groups in total. The highest BCUT2D eigenvalue weighted by molar-refractivity contribution is 5.92. The maximum Gasteiger partial charge on any atom is 0.344 e. The molecule has 1 heterocycles. The third-order valence-corrected chi connectivity index (χ3v) is 4.06. The quantitative estimate of drug-likeness (QED) is 0.703. The fourth-order valence-electron chi connectivity index (χ4n) is 2.65. The monoisotopic (exact) mass is 385 g/mol. The van der Waals surface area contributed by atoms with E-state index in [4.69, 9.17) is 9.47 Å². The summed E-state index contributed by atoms with van der Waals surface area (Å²) in [5, 5.41) is 2.77. The van der Waals surface area contributed by atoms with Crippen LogP contribution >= 0.6 is 0 Å². The van der Waals surface area contributed by atoms with Gasteiger partial charge in [-0.1, -0.05) is 19.9 Å². The van der Waals surface area contributed by atoms with Crippen LogP contribution < -0.4 is 10.1 Å². The van der Waals surface area contributed by atoms with Crippen LogP contribution in [0.4, 0.5) is 0 Å². The second-order valence-corrected chi connectivity index (χ2v) is 7.55. The summed E-state index contributed by atoms with van der Waals surface area (Å²) in [7, 11) is 0. The van der Waals surface area contributed by atoms with Crippen LogP contribution in [0, 0.1) is 6.92 Å². The van der Waals surface area contributed by atoms with Crippen molar-refractivity contribution in [1.82, 2.24) is 15.3 Å². The molecule has 0 aliphatic rings. The van der Waals surface area contributed by atoms with Crippen molar-refractivity contribution in [2.75, 3.05) is 13.2 Å². The molecule has 0 atom stereocenters. The second kappa shape index (κ2) is 9.30. The first-order chi connectivity index (χ1) is 13.2. The Labute approximate surface area is 165 Å². The molecule has 0 aliphatic carbocycles. The van der Waals surface area contributed by atoms with E-state index in [1.807, 2.05) is 25.1 Å². The number of hydrogen-bond acceptors (Lipinski definition) is 6. The number of carbonyl (C=O) groups is 2. The van der Waals surface area contributed by atoms with Gasteiger partial charge in [-0.25, -0.2) is 9.78 Å². The van der Waals surface area contributed by atoms with Gasteiger partial charge in [0.1, 0.15) is 18.1 Å². The molecule has 2 aromatic rings. The van der Waals surface area contributed by atoms with Crippen molar-refractivity contribution < 1.29 is 19.1 Å². The van der Waals surface area contributed by atoms with Crippen LogP contribution in [0.25, 0.3) is 0 Å². The Morgan fingerprint density at radius 2 is 1.96 bits per heavy atom. The Morgan fingerprint density at radius 1 is 1.21 bits per heavy atom. The van der Waals surface area contributed by atoms with Gasteiger partial charge in [-0.2, -0.15) is 0 Å². The number of amides is 1. The number of carbonyl (C=O) groups excluding carboxylic acids is 2. The van der Waals surface area contributed by atoms with Gasteiger partial charge in [-0.3, -0.25) is 9.78 Å². The minimum Gasteiger partial charge on any atom is -0.482 e. The van der Waals surface area contributed by atoms with Gasteiger partial charge in [-0.15, -0.1) is 0 Å². The standard InChI is InChI=1S/C21H27N3O4/c1-14(2)17-7-6-16(10-15(17)3)27-12-19(25)28-13-21(4,5)24-20(26)18-11-22-8-9-23-18/h6-11,14H,12-13H2,1-5H3,(H,24,26). The number of esters is 1. The number of aryl methyl sites for hydroxylation is 1. The van der Waals surface area contributed by atoms with Crippen LogP contribution in [0.15, 0.2) is 36.8 Å². The molecule has 1 aromatic carbocycles. The first-order valence-corrected chi connectivity index (χ1v) is 9.15. The van der Waals surface area contributed by atoms with E-state index in [0.717, 1.165) is 5.56 Å². The molecule has 1 aromatic heterocycles. The molecule has 0 bridgehead atoms. The minimum atomic E-state index is -0.764. The number of nitrogens with zero attached hydrogens (tertiary/aromatic N) is 2. The van der Waals surface area contributed by atoms with Crippen LogP contribution in [0.1, 0.15) is 55.2 Å². The highest BCUT2D eigenvalue weighted by Crippen LogP contribution is 2.23. The summed E-state index contributed by atoms with van der Waals surface area (Å²) in [6, 6.07) is 5.76. The van der Waals surface area contributed by atoms with Crippen molar-refractivity contribution in [3.8, 4) is 5.75 Å². The largest absolute Gasteiger partial charge is 0.482 e. The van der Waals surface area contributed by atoms with Crippen molar-refractivity contribution in [1.29, 1.82) is 0 Å². The van der Waals surface area contributed by atoms with E-state index in [-0.39, 0.29) is 24.8 Å². The normalized spacial score (nSPS) is 11.2. The Morgan fingerprint density at radius 3 is 2.57 bits per heavy atom. The molecule has 0 radical (unpaired) electrons. The number of aromatic nitrogens is 2. The lowest BCUT2D eigenvalue weighted by Gasteiger charge is -2.25. The highest BCUT2D eigenvalue weighted by atomic mass is 16.6. The highest BCUT2D eigenvalue weighted by Gasteiger charge is 2.24. The third-order valence-electron chi connectivity index (χ3n) is 4.06. The molecule has 7 heteroatoms. The van der Waals surface area contributed by atoms with Gasteiger partial charge in [0.15, 0.2) is 6.61 Å². The molecule has 0 saturated heterocycles. The molecule has 1 amide bonds. The van der Waals surface area contributed by atoms with E-state index in [1.165, 1.54) is 24.2 Å². The average molecular weight is 385 g/mol. The van der Waals surface area contributed by atoms with Gasteiger partial charge < -0.3 is 14.8 Å². The molecular formula is C21H27N3O4. The van der Waals surface area contributed by atoms with Crippen molar-refractivity contribution in [3.63, 3.8) is 0 Å². The van der Waals surface area contributed by atoms with Crippen LogP contribution in [-0.4, -0.2) is 40.6 Å². The Bertz CT molecular complexity index is 820. The Balaban J connectivity index is 1.81. The second-order valence-electron chi connectivity index (χ2n) is 7.55. The molecule has 0 unspecified atom stereocenters. The van der Waals surface area contributed by atoms with Gasteiger partial charge in [0.25, 0.3) is 5.91 Å². The summed E-state index contributed by atoms with van der Waals surface area (Å²) in [6.07, 6.45) is 4.30. The molecule has 0 spiro atoms. The number of ether oxygens (including phenoxy) is 2. The molecule has 150 valence electrons. The summed E-state index contributed by atoms with van der Waals surface area (Å²) in [4.78, 5) is 31.9. The number of hydrogen-bond donors (Lipinski definition) is 1. The zero-order chi connectivity index (χ0) is 20.7. The van der Waals surface area contributed by atoms with Crippen molar-refractivity contribution >= 4 is 11.9 Å². The fourth-order valence-corrected chi connectivity index (χ4v) is 2.65. The van der Waals surface area contributed by atoms with Gasteiger partial charge in [-0.05, 0) is 49.9 Å². The molecule has 2 rings (SSSR count). The van der Waals surface area contributed by atoms with Crippen LogP contribution in [0.3, 0.4) is 0 Å². The van der Waals surface area contributed by atoms with Gasteiger partial charge in [0, 0.05) is 12.4 Å². The minimum absolute atomic E-state index is 0.00646. The summed E-state index contributed by atoms with van der Waals surface area (Å²) in [6.45, 7) is 9.59. The van der Waals surface area contributed by atoms with E-state index < -0.39 is 11.5 Å². The Hall–Kier alpha value is -2.96. The van der Waals surface area contributed by atoms with Gasteiger partial charge in [0.05, 0.1) is 11.7 Å². The van der Waals surface area contributed by atoms with Crippen molar-refractivity contribution in [2.45, 2.75) is 46.1 Å². The fraction of sp³-hybridized carbons (Fsp3) is 0.429. The predicted molar refractivity (Wildman–Crippen MR) is 105 cm³/mol. The van der Waals surface area contributed by atoms with E-state index >= 15 is 0 Å². The molecule has 28 heavy (non-hydrogen) atoms. The maximum absolute atomic E-state index is 12.1. The maximum atomic E-state index is 12.1. The summed E-state index contributed by atoms with van der Waals surface area (Å²) < 4.78 is 10.8. The number of nitrogens with one attached hydrogen (secondary N) is 1. The lowest BCUT2D eigenvalue weighted by Crippen LogP contribution is -2.47.